The lowest BCUT2D eigenvalue weighted by Gasteiger charge is -2.18. The zero-order chi connectivity index (χ0) is 59.2. The Kier molecular flexibility index (Phi) is 67.6. The van der Waals surface area contributed by atoms with E-state index < -0.39 is 6.10 Å². The summed E-state index contributed by atoms with van der Waals surface area (Å²) in [4.78, 5) is 38.5. The van der Waals surface area contributed by atoms with Crippen LogP contribution in [0.25, 0.3) is 0 Å². The van der Waals surface area contributed by atoms with E-state index in [4.69, 9.17) is 14.2 Å². The van der Waals surface area contributed by atoms with Gasteiger partial charge in [0.15, 0.2) is 6.10 Å². The standard InChI is InChI=1S/C76H136O6/c1-4-7-10-13-16-19-22-25-28-30-32-34-36-37-38-39-41-42-44-46-48-51-54-57-60-63-66-69-75(78)81-72-73(71-80-74(77)68-65-62-59-56-53-50-27-24-21-18-15-12-9-6-3)82-76(79)70-67-64-61-58-55-52-49-47-45-43-40-35-33-31-29-26-23-20-17-14-11-8-5-2/h8,11,17,20,22,25-26,29-30,32-33,35,73H,4-7,9-10,12-16,18-19,21,23-24,27-28,31,34,36-72H2,1-3H3/b11-8-,20-17-,25-22-,29-26-,32-30-,35-33-. The first-order chi connectivity index (χ1) is 40.5. The molecule has 0 fully saturated rings. The molecule has 0 radical (unpaired) electrons. The predicted molar refractivity (Wildman–Crippen MR) is 358 cm³/mol. The van der Waals surface area contributed by atoms with Gasteiger partial charge >= 0.3 is 17.9 Å². The quantitative estimate of drug-likeness (QED) is 0.0261. The number of esters is 3. The maximum absolute atomic E-state index is 13.0. The third-order valence-corrected chi connectivity index (χ3v) is 15.9. The maximum Gasteiger partial charge on any atom is 0.306 e. The van der Waals surface area contributed by atoms with Crippen LogP contribution in [0.1, 0.15) is 374 Å². The van der Waals surface area contributed by atoms with Crippen LogP contribution in [0.5, 0.6) is 0 Å². The second-order valence-electron chi connectivity index (χ2n) is 24.1. The third kappa shape index (κ3) is 67.6. The van der Waals surface area contributed by atoms with Gasteiger partial charge in [0.05, 0.1) is 0 Å². The number of hydrogen-bond acceptors (Lipinski definition) is 6. The molecule has 1 atom stereocenters. The Labute approximate surface area is 510 Å². The van der Waals surface area contributed by atoms with E-state index in [0.29, 0.717) is 19.3 Å². The van der Waals surface area contributed by atoms with E-state index in [9.17, 15) is 14.4 Å². The summed E-state index contributed by atoms with van der Waals surface area (Å²) < 4.78 is 17.0. The summed E-state index contributed by atoms with van der Waals surface area (Å²) in [6.45, 7) is 6.57. The van der Waals surface area contributed by atoms with Gasteiger partial charge in [0.2, 0.25) is 0 Å². The molecule has 0 heterocycles. The zero-order valence-corrected chi connectivity index (χ0v) is 54.8. The minimum absolute atomic E-state index is 0.0722. The molecule has 0 aromatic heterocycles. The second kappa shape index (κ2) is 70.3. The van der Waals surface area contributed by atoms with Gasteiger partial charge in [-0.3, -0.25) is 14.4 Å². The first-order valence-corrected chi connectivity index (χ1v) is 35.9. The Morgan fingerprint density at radius 1 is 0.256 bits per heavy atom. The number of allylic oxidation sites excluding steroid dienone is 12. The molecule has 0 spiro atoms. The molecule has 6 nitrogen and oxygen atoms in total. The van der Waals surface area contributed by atoms with Crippen molar-refractivity contribution in [1.29, 1.82) is 0 Å². The molecule has 1 unspecified atom stereocenters. The fourth-order valence-electron chi connectivity index (χ4n) is 10.6. The van der Waals surface area contributed by atoms with Gasteiger partial charge in [-0.15, -0.1) is 0 Å². The van der Waals surface area contributed by atoms with E-state index in [2.05, 4.69) is 93.7 Å². The van der Waals surface area contributed by atoms with Crippen molar-refractivity contribution >= 4 is 17.9 Å². The Hall–Kier alpha value is -3.15. The molecule has 0 aliphatic carbocycles. The highest BCUT2D eigenvalue weighted by Crippen LogP contribution is 2.18. The number of rotatable bonds is 66. The Bertz CT molecular complexity index is 1500. The van der Waals surface area contributed by atoms with Crippen LogP contribution >= 0.6 is 0 Å². The van der Waals surface area contributed by atoms with Gasteiger partial charge in [-0.1, -0.05) is 338 Å². The summed E-state index contributed by atoms with van der Waals surface area (Å²) >= 11 is 0. The lowest BCUT2D eigenvalue weighted by Crippen LogP contribution is -2.30. The summed E-state index contributed by atoms with van der Waals surface area (Å²) in [6.07, 6.45) is 92.1. The van der Waals surface area contributed by atoms with Crippen LogP contribution in [-0.4, -0.2) is 37.2 Å². The summed E-state index contributed by atoms with van der Waals surface area (Å²) in [6, 6.07) is 0. The lowest BCUT2D eigenvalue weighted by atomic mass is 10.0. The summed E-state index contributed by atoms with van der Waals surface area (Å²) in [5.41, 5.74) is 0. The number of carbonyl (C=O) groups excluding carboxylic acids is 3. The Morgan fingerprint density at radius 3 is 0.744 bits per heavy atom. The van der Waals surface area contributed by atoms with Gasteiger partial charge in [-0.05, 0) is 89.9 Å². The fraction of sp³-hybridized carbons (Fsp3) is 0.803. The number of unbranched alkanes of at least 4 members (excludes halogenated alkanes) is 43. The van der Waals surface area contributed by atoms with Crippen LogP contribution in [0.3, 0.4) is 0 Å². The minimum atomic E-state index is -0.777. The van der Waals surface area contributed by atoms with E-state index >= 15 is 0 Å². The molecule has 0 aliphatic rings. The normalized spacial score (nSPS) is 12.5. The molecular formula is C76H136O6. The summed E-state index contributed by atoms with van der Waals surface area (Å²) in [5, 5.41) is 0. The minimum Gasteiger partial charge on any atom is -0.462 e. The van der Waals surface area contributed by atoms with E-state index in [0.717, 1.165) is 89.9 Å². The van der Waals surface area contributed by atoms with Crippen LogP contribution in [0, 0.1) is 0 Å². The van der Waals surface area contributed by atoms with Crippen molar-refractivity contribution in [2.24, 2.45) is 0 Å². The lowest BCUT2D eigenvalue weighted by molar-refractivity contribution is -0.167. The highest BCUT2D eigenvalue weighted by atomic mass is 16.6. The predicted octanol–water partition coefficient (Wildman–Crippen LogP) is 24.8. The van der Waals surface area contributed by atoms with Crippen LogP contribution in [0.4, 0.5) is 0 Å². The molecule has 476 valence electrons. The average molecular weight is 1150 g/mol. The molecule has 0 rings (SSSR count). The Morgan fingerprint density at radius 2 is 0.476 bits per heavy atom. The average Bonchev–Trinajstić information content (AvgIpc) is 3.47. The maximum atomic E-state index is 13.0. The first-order valence-electron chi connectivity index (χ1n) is 35.9. The molecule has 0 saturated carbocycles. The van der Waals surface area contributed by atoms with E-state index in [1.165, 1.54) is 244 Å². The SMILES string of the molecule is CC/C=C\C/C=C\C/C=C\C/C=C\CCCCCCCCCCCCC(=O)OC(COC(=O)CCCCCCCCCCCCCCCC)COC(=O)CCCCCCCCCCCCCCCCC/C=C\C/C=C\CCCCCCC. The number of carbonyl (C=O) groups is 3. The first kappa shape index (κ1) is 78.8. The van der Waals surface area contributed by atoms with Gasteiger partial charge < -0.3 is 14.2 Å². The van der Waals surface area contributed by atoms with Gasteiger partial charge in [-0.2, -0.15) is 0 Å². The van der Waals surface area contributed by atoms with Crippen molar-refractivity contribution in [2.45, 2.75) is 380 Å². The molecule has 0 bridgehead atoms. The summed E-state index contributed by atoms with van der Waals surface area (Å²) in [7, 11) is 0. The fourth-order valence-corrected chi connectivity index (χ4v) is 10.6. The molecule has 82 heavy (non-hydrogen) atoms. The molecule has 0 aromatic rings. The van der Waals surface area contributed by atoms with Crippen LogP contribution < -0.4 is 0 Å². The Balaban J connectivity index is 4.27. The monoisotopic (exact) mass is 1150 g/mol. The second-order valence-corrected chi connectivity index (χ2v) is 24.1. The van der Waals surface area contributed by atoms with Crippen LogP contribution in [0.2, 0.25) is 0 Å². The number of ether oxygens (including phenoxy) is 3. The van der Waals surface area contributed by atoms with Gasteiger partial charge in [0.25, 0.3) is 0 Å². The number of hydrogen-bond donors (Lipinski definition) is 0. The van der Waals surface area contributed by atoms with Crippen molar-refractivity contribution in [2.75, 3.05) is 13.2 Å². The molecule has 0 saturated heterocycles. The van der Waals surface area contributed by atoms with Crippen molar-refractivity contribution in [3.63, 3.8) is 0 Å². The largest absolute Gasteiger partial charge is 0.462 e. The van der Waals surface area contributed by atoms with E-state index in [1.807, 2.05) is 0 Å². The van der Waals surface area contributed by atoms with Crippen molar-refractivity contribution in [3.8, 4) is 0 Å². The van der Waals surface area contributed by atoms with Gasteiger partial charge in [0, 0.05) is 19.3 Å². The smallest absolute Gasteiger partial charge is 0.306 e. The van der Waals surface area contributed by atoms with Gasteiger partial charge in [0.1, 0.15) is 13.2 Å². The van der Waals surface area contributed by atoms with Crippen molar-refractivity contribution in [1.82, 2.24) is 0 Å². The van der Waals surface area contributed by atoms with Crippen molar-refractivity contribution < 1.29 is 28.6 Å². The molecular weight excluding hydrogens is 1010 g/mol. The molecule has 0 aromatic carbocycles. The van der Waals surface area contributed by atoms with Gasteiger partial charge in [-0.25, -0.2) is 0 Å². The summed E-state index contributed by atoms with van der Waals surface area (Å²) in [5.74, 6) is -0.853. The van der Waals surface area contributed by atoms with E-state index in [-0.39, 0.29) is 31.1 Å². The molecule has 0 N–H and O–H groups in total. The van der Waals surface area contributed by atoms with Crippen LogP contribution in [0.15, 0.2) is 72.9 Å². The highest BCUT2D eigenvalue weighted by Gasteiger charge is 2.19. The molecule has 0 aliphatic heterocycles. The van der Waals surface area contributed by atoms with Crippen molar-refractivity contribution in [3.05, 3.63) is 72.9 Å². The highest BCUT2D eigenvalue weighted by molar-refractivity contribution is 5.71. The topological polar surface area (TPSA) is 78.9 Å². The zero-order valence-electron chi connectivity index (χ0n) is 54.8. The third-order valence-electron chi connectivity index (χ3n) is 15.9. The molecule has 6 heteroatoms. The van der Waals surface area contributed by atoms with E-state index in [1.54, 1.807) is 0 Å². The van der Waals surface area contributed by atoms with Crippen LogP contribution in [-0.2, 0) is 28.6 Å². The molecule has 0 amide bonds.